The van der Waals surface area contributed by atoms with Crippen molar-refractivity contribution in [2.45, 2.75) is 64.4 Å². The summed E-state index contributed by atoms with van der Waals surface area (Å²) in [5.74, 6) is 0.441. The third kappa shape index (κ3) is 4.22. The van der Waals surface area contributed by atoms with Gasteiger partial charge in [-0.1, -0.05) is 29.8 Å². The number of H-pyrrole nitrogens is 1. The molecule has 30 heavy (non-hydrogen) atoms. The summed E-state index contributed by atoms with van der Waals surface area (Å²) >= 11 is 0. The second kappa shape index (κ2) is 8.24. The van der Waals surface area contributed by atoms with Crippen molar-refractivity contribution >= 4 is 10.0 Å². The van der Waals surface area contributed by atoms with Crippen molar-refractivity contribution in [2.75, 3.05) is 13.1 Å². The van der Waals surface area contributed by atoms with E-state index < -0.39 is 16.1 Å². The van der Waals surface area contributed by atoms with Gasteiger partial charge >= 0.3 is 0 Å². The lowest BCUT2D eigenvalue weighted by Crippen LogP contribution is -2.40. The van der Waals surface area contributed by atoms with Gasteiger partial charge in [0.05, 0.1) is 17.5 Å². The Morgan fingerprint density at radius 1 is 1.27 bits per heavy atom. The van der Waals surface area contributed by atoms with Gasteiger partial charge in [0.2, 0.25) is 10.0 Å². The molecule has 2 aliphatic heterocycles. The second-order valence-corrected chi connectivity index (χ2v) is 10.6. The predicted molar refractivity (Wildman–Crippen MR) is 117 cm³/mol. The van der Waals surface area contributed by atoms with Gasteiger partial charge in [-0.3, -0.25) is 9.69 Å². The number of hydrogen-bond donors (Lipinski definition) is 1. The first kappa shape index (κ1) is 21.2. The van der Waals surface area contributed by atoms with Gasteiger partial charge in [0, 0.05) is 31.2 Å². The number of aromatic amines is 1. The quantitative estimate of drug-likeness (QED) is 0.788. The van der Waals surface area contributed by atoms with Gasteiger partial charge in [-0.25, -0.2) is 13.4 Å². The average Bonchev–Trinajstić information content (AvgIpc) is 3.18. The van der Waals surface area contributed by atoms with E-state index in [-0.39, 0.29) is 11.3 Å². The van der Waals surface area contributed by atoms with Crippen molar-refractivity contribution in [1.82, 2.24) is 19.2 Å². The lowest BCUT2D eigenvalue weighted by Gasteiger charge is -2.31. The zero-order valence-electron chi connectivity index (χ0n) is 17.9. The molecule has 1 atom stereocenters. The van der Waals surface area contributed by atoms with E-state index in [1.54, 1.807) is 0 Å². The van der Waals surface area contributed by atoms with E-state index in [9.17, 15) is 13.2 Å². The fraction of sp³-hybridized carbons (Fsp3) is 0.545. The van der Waals surface area contributed by atoms with Gasteiger partial charge in [-0.2, -0.15) is 4.31 Å². The Bertz CT molecular complexity index is 1090. The Morgan fingerprint density at radius 3 is 2.80 bits per heavy atom. The Hall–Kier alpha value is -2.03. The van der Waals surface area contributed by atoms with Crippen molar-refractivity contribution in [3.05, 3.63) is 62.8 Å². The second-order valence-electron chi connectivity index (χ2n) is 8.70. The van der Waals surface area contributed by atoms with E-state index in [0.717, 1.165) is 35.3 Å². The molecule has 1 saturated heterocycles. The highest BCUT2D eigenvalue weighted by molar-refractivity contribution is 7.88. The molecule has 3 heterocycles. The molecule has 162 valence electrons. The zero-order chi connectivity index (χ0) is 21.5. The van der Waals surface area contributed by atoms with E-state index in [1.165, 1.54) is 4.31 Å². The minimum absolute atomic E-state index is 0.0402. The summed E-state index contributed by atoms with van der Waals surface area (Å²) < 4.78 is 28.0. The first-order valence-electron chi connectivity index (χ1n) is 10.7. The molecule has 1 fully saturated rings. The van der Waals surface area contributed by atoms with Gasteiger partial charge in [0.25, 0.3) is 5.56 Å². The highest BCUT2D eigenvalue weighted by Crippen LogP contribution is 2.34. The van der Waals surface area contributed by atoms with Crippen LogP contribution in [0.15, 0.2) is 29.1 Å². The van der Waals surface area contributed by atoms with Crippen molar-refractivity contribution < 1.29 is 8.42 Å². The van der Waals surface area contributed by atoms with Crippen LogP contribution < -0.4 is 5.56 Å². The number of nitrogens with zero attached hydrogens (tertiary/aromatic N) is 3. The third-order valence-corrected chi connectivity index (χ3v) is 8.01. The van der Waals surface area contributed by atoms with Crippen LogP contribution in [0.5, 0.6) is 0 Å². The Balaban J connectivity index is 1.63. The maximum absolute atomic E-state index is 13.2. The number of aromatic nitrogens is 2. The van der Waals surface area contributed by atoms with Gasteiger partial charge in [0.15, 0.2) is 0 Å². The molecule has 2 aliphatic rings. The van der Waals surface area contributed by atoms with Crippen LogP contribution in [0.1, 0.15) is 60.9 Å². The minimum atomic E-state index is -3.52. The number of aryl methyl sites for hydroxylation is 1. The smallest absolute Gasteiger partial charge is 0.254 e. The molecule has 0 radical (unpaired) electrons. The lowest BCUT2D eigenvalue weighted by molar-refractivity contribution is 0.198. The van der Waals surface area contributed by atoms with Crippen molar-refractivity contribution in [2.24, 2.45) is 0 Å². The molecular weight excluding hydrogens is 400 g/mol. The lowest BCUT2D eigenvalue weighted by atomic mass is 10.0. The molecule has 7 nitrogen and oxygen atoms in total. The summed E-state index contributed by atoms with van der Waals surface area (Å²) in [5.41, 5.74) is 3.22. The number of benzene rings is 1. The monoisotopic (exact) mass is 430 g/mol. The van der Waals surface area contributed by atoms with Gasteiger partial charge < -0.3 is 4.98 Å². The normalized spacial score (nSPS) is 20.6. The Morgan fingerprint density at radius 2 is 2.07 bits per heavy atom. The molecule has 4 rings (SSSR count). The summed E-state index contributed by atoms with van der Waals surface area (Å²) in [7, 11) is -3.52. The standard InChI is InChI=1S/C22H30N4O3S/c1-15(2)25-11-9-18-19(13-25)23-21(24-22(18)27)20-8-5-10-26(20)30(28,29)14-17-7-4-6-16(3)12-17/h4,6-7,12,15,20H,5,8-11,13-14H2,1-3H3,(H,23,24,27). The third-order valence-electron chi connectivity index (χ3n) is 6.16. The van der Waals surface area contributed by atoms with Crippen LogP contribution in [0.3, 0.4) is 0 Å². The Labute approximate surface area is 178 Å². The SMILES string of the molecule is Cc1cccc(CS(=O)(=O)N2CCCC2c2nc3c(c(=O)[nH]2)CCN(C(C)C)C3)c1. The molecule has 0 aliphatic carbocycles. The molecule has 1 aromatic heterocycles. The number of hydrogen-bond acceptors (Lipinski definition) is 5. The molecular formula is C22H30N4O3S. The molecule has 1 N–H and O–H groups in total. The van der Waals surface area contributed by atoms with Crippen LogP contribution in [0, 0.1) is 6.92 Å². The molecule has 0 spiro atoms. The topological polar surface area (TPSA) is 86.4 Å². The van der Waals surface area contributed by atoms with E-state index in [4.69, 9.17) is 4.98 Å². The molecule has 1 unspecified atom stereocenters. The molecule has 0 amide bonds. The van der Waals surface area contributed by atoms with Crippen molar-refractivity contribution in [3.63, 3.8) is 0 Å². The van der Waals surface area contributed by atoms with Gasteiger partial charge in [-0.05, 0) is 45.6 Å². The van der Waals surface area contributed by atoms with Crippen LogP contribution >= 0.6 is 0 Å². The summed E-state index contributed by atoms with van der Waals surface area (Å²) in [6.07, 6.45) is 2.11. The largest absolute Gasteiger partial charge is 0.309 e. The maximum Gasteiger partial charge on any atom is 0.254 e. The van der Waals surface area contributed by atoms with E-state index in [1.807, 2.05) is 31.2 Å². The van der Waals surface area contributed by atoms with Gasteiger partial charge in [0.1, 0.15) is 5.82 Å². The fourth-order valence-electron chi connectivity index (χ4n) is 4.52. The summed E-state index contributed by atoms with van der Waals surface area (Å²) in [5, 5.41) is 0. The first-order valence-corrected chi connectivity index (χ1v) is 12.3. The van der Waals surface area contributed by atoms with Crippen molar-refractivity contribution in [3.8, 4) is 0 Å². The summed E-state index contributed by atoms with van der Waals surface area (Å²) in [4.78, 5) is 22.7. The van der Waals surface area contributed by atoms with Gasteiger partial charge in [-0.15, -0.1) is 0 Å². The summed E-state index contributed by atoms with van der Waals surface area (Å²) in [6.45, 7) is 8.15. The van der Waals surface area contributed by atoms with Crippen LogP contribution in [-0.2, 0) is 28.7 Å². The summed E-state index contributed by atoms with van der Waals surface area (Å²) in [6, 6.07) is 7.55. The zero-order valence-corrected chi connectivity index (χ0v) is 18.7. The minimum Gasteiger partial charge on any atom is -0.309 e. The van der Waals surface area contributed by atoms with E-state index >= 15 is 0 Å². The van der Waals surface area contributed by atoms with Crippen LogP contribution in [0.2, 0.25) is 0 Å². The van der Waals surface area contributed by atoms with E-state index in [2.05, 4.69) is 23.7 Å². The van der Waals surface area contributed by atoms with Crippen LogP contribution in [-0.4, -0.2) is 46.7 Å². The van der Waals surface area contributed by atoms with Crippen LogP contribution in [0.25, 0.3) is 0 Å². The van der Waals surface area contributed by atoms with Crippen molar-refractivity contribution in [1.29, 1.82) is 0 Å². The highest BCUT2D eigenvalue weighted by atomic mass is 32.2. The Kier molecular flexibility index (Phi) is 5.83. The number of rotatable bonds is 5. The molecule has 1 aromatic carbocycles. The van der Waals surface area contributed by atoms with Crippen LogP contribution in [0.4, 0.5) is 0 Å². The number of nitrogens with one attached hydrogen (secondary N) is 1. The number of fused-ring (bicyclic) bond motifs is 1. The fourth-order valence-corrected chi connectivity index (χ4v) is 6.29. The molecule has 2 aromatic rings. The van der Waals surface area contributed by atoms with E-state index in [0.29, 0.717) is 37.8 Å². The maximum atomic E-state index is 13.2. The molecule has 0 bridgehead atoms. The molecule has 8 heteroatoms. The first-order chi connectivity index (χ1) is 14.2. The highest BCUT2D eigenvalue weighted by Gasteiger charge is 2.37. The predicted octanol–water partition coefficient (Wildman–Crippen LogP) is 2.51. The number of sulfonamides is 1. The average molecular weight is 431 g/mol. The molecule has 0 saturated carbocycles.